The summed E-state index contributed by atoms with van der Waals surface area (Å²) in [7, 11) is 2.55. The van der Waals surface area contributed by atoms with Crippen molar-refractivity contribution in [2.45, 2.75) is 32.4 Å². The van der Waals surface area contributed by atoms with Crippen LogP contribution in [0.5, 0.6) is 5.75 Å². The van der Waals surface area contributed by atoms with Crippen LogP contribution in [0.25, 0.3) is 0 Å². The van der Waals surface area contributed by atoms with E-state index in [1.54, 1.807) is 5.38 Å². The molecule has 0 radical (unpaired) electrons. The maximum absolute atomic E-state index is 12.2. The molecule has 0 spiro atoms. The Balaban J connectivity index is 2.27. The molecule has 0 amide bonds. The molecule has 1 unspecified atom stereocenters. The lowest BCUT2D eigenvalue weighted by Crippen LogP contribution is -2.27. The maximum Gasteiger partial charge on any atom is 0.349 e. The zero-order valence-corrected chi connectivity index (χ0v) is 15.9. The molecule has 1 aromatic carbocycles. The zero-order chi connectivity index (χ0) is 18.9. The quantitative estimate of drug-likeness (QED) is 0.518. The largest absolute Gasteiger partial charge is 0.471 e. The van der Waals surface area contributed by atoms with Crippen LogP contribution in [-0.4, -0.2) is 32.4 Å². The molecular formula is C19H23NO5S. The molecule has 1 heterocycles. The van der Waals surface area contributed by atoms with Crippen molar-refractivity contribution < 1.29 is 23.8 Å². The number of carbonyl (C=O) groups is 2. The van der Waals surface area contributed by atoms with Gasteiger partial charge in [-0.3, -0.25) is 0 Å². The van der Waals surface area contributed by atoms with Crippen molar-refractivity contribution in [3.63, 3.8) is 0 Å². The van der Waals surface area contributed by atoms with Gasteiger partial charge in [-0.05, 0) is 18.6 Å². The van der Waals surface area contributed by atoms with E-state index in [1.807, 2.05) is 30.3 Å². The summed E-state index contributed by atoms with van der Waals surface area (Å²) in [6.45, 7) is 2.10. The van der Waals surface area contributed by atoms with Crippen molar-refractivity contribution in [2.75, 3.05) is 19.5 Å². The first kappa shape index (κ1) is 19.8. The summed E-state index contributed by atoms with van der Waals surface area (Å²) in [5.74, 6) is -0.440. The number of unbranched alkanes of at least 4 members (excludes halogenated alkanes) is 1. The minimum Gasteiger partial charge on any atom is -0.471 e. The number of carbonyl (C=O) groups excluding carboxylic acids is 2. The Hall–Kier alpha value is -2.54. The first-order valence-corrected chi connectivity index (χ1v) is 9.25. The van der Waals surface area contributed by atoms with E-state index in [0.717, 1.165) is 36.3 Å². The van der Waals surface area contributed by atoms with Gasteiger partial charge in [0.15, 0.2) is 6.23 Å². The van der Waals surface area contributed by atoms with Gasteiger partial charge in [0.05, 0.1) is 19.9 Å². The number of thiophene rings is 1. The van der Waals surface area contributed by atoms with Crippen molar-refractivity contribution in [2.24, 2.45) is 0 Å². The minimum absolute atomic E-state index is 0.169. The highest BCUT2D eigenvalue weighted by Gasteiger charge is 2.26. The molecule has 6 nitrogen and oxygen atoms in total. The van der Waals surface area contributed by atoms with Crippen molar-refractivity contribution >= 4 is 29.0 Å². The van der Waals surface area contributed by atoms with Crippen LogP contribution >= 0.6 is 11.3 Å². The van der Waals surface area contributed by atoms with Gasteiger partial charge in [-0.25, -0.2) is 9.59 Å². The van der Waals surface area contributed by atoms with E-state index >= 15 is 0 Å². The molecule has 1 N–H and O–H groups in total. The zero-order valence-electron chi connectivity index (χ0n) is 15.1. The van der Waals surface area contributed by atoms with Crippen LogP contribution in [-0.2, 0) is 9.47 Å². The lowest BCUT2D eigenvalue weighted by atomic mass is 10.2. The van der Waals surface area contributed by atoms with Crippen molar-refractivity contribution in [3.05, 3.63) is 46.2 Å². The van der Waals surface area contributed by atoms with Gasteiger partial charge in [-0.1, -0.05) is 31.5 Å². The van der Waals surface area contributed by atoms with E-state index in [-0.39, 0.29) is 16.7 Å². The summed E-state index contributed by atoms with van der Waals surface area (Å²) in [5.41, 5.74) is 0.668. The number of anilines is 1. The molecule has 1 atom stereocenters. The second-order valence-electron chi connectivity index (χ2n) is 5.54. The molecule has 140 valence electrons. The molecule has 0 aliphatic carbocycles. The average molecular weight is 377 g/mol. The van der Waals surface area contributed by atoms with Crippen LogP contribution in [0.2, 0.25) is 0 Å². The summed E-state index contributed by atoms with van der Waals surface area (Å²) >= 11 is 1.13. The number of hydrogen-bond donors (Lipinski definition) is 1. The standard InChI is InChI=1S/C19H23NO5S/c1-4-5-11-15(25-13-9-7-6-8-10-13)20-14-12-26-17(19(22)24-3)16(14)18(21)23-2/h6-10,12,15,20H,4-5,11H2,1-3H3. The first-order chi connectivity index (χ1) is 12.6. The Morgan fingerprint density at radius 2 is 1.81 bits per heavy atom. The van der Waals surface area contributed by atoms with E-state index in [2.05, 4.69) is 12.2 Å². The normalized spacial score (nSPS) is 11.5. The average Bonchev–Trinajstić information content (AvgIpc) is 3.09. The van der Waals surface area contributed by atoms with Gasteiger partial charge in [0.25, 0.3) is 0 Å². The van der Waals surface area contributed by atoms with Gasteiger partial charge in [0, 0.05) is 11.8 Å². The van der Waals surface area contributed by atoms with Gasteiger partial charge in [0.1, 0.15) is 16.2 Å². The second-order valence-corrected chi connectivity index (χ2v) is 6.42. The number of ether oxygens (including phenoxy) is 3. The highest BCUT2D eigenvalue weighted by molar-refractivity contribution is 7.13. The Kier molecular flexibility index (Phi) is 7.47. The van der Waals surface area contributed by atoms with Crippen LogP contribution in [0.4, 0.5) is 5.69 Å². The molecule has 0 bridgehead atoms. The molecule has 0 aliphatic heterocycles. The fraction of sp³-hybridized carbons (Fsp3) is 0.368. The first-order valence-electron chi connectivity index (χ1n) is 8.37. The maximum atomic E-state index is 12.2. The monoisotopic (exact) mass is 377 g/mol. The summed E-state index contributed by atoms with van der Waals surface area (Å²) in [6.07, 6.45) is 2.36. The number of para-hydroxylation sites is 1. The highest BCUT2D eigenvalue weighted by Crippen LogP contribution is 2.30. The number of benzene rings is 1. The van der Waals surface area contributed by atoms with Gasteiger partial charge in [-0.15, -0.1) is 11.3 Å². The molecule has 7 heteroatoms. The third kappa shape index (κ3) is 4.98. The Labute approximate surface area is 157 Å². The van der Waals surface area contributed by atoms with E-state index < -0.39 is 11.9 Å². The minimum atomic E-state index is -0.594. The molecule has 0 saturated carbocycles. The second kappa shape index (κ2) is 9.82. The fourth-order valence-corrected chi connectivity index (χ4v) is 3.31. The van der Waals surface area contributed by atoms with Gasteiger partial charge in [0.2, 0.25) is 0 Å². The predicted octanol–water partition coefficient (Wildman–Crippen LogP) is 4.33. The van der Waals surface area contributed by atoms with Crippen molar-refractivity contribution in [1.29, 1.82) is 0 Å². The molecule has 0 aliphatic rings. The van der Waals surface area contributed by atoms with E-state index in [0.29, 0.717) is 5.69 Å². The van der Waals surface area contributed by atoms with Crippen LogP contribution in [0.1, 0.15) is 46.2 Å². The Morgan fingerprint density at radius 1 is 1.12 bits per heavy atom. The highest BCUT2D eigenvalue weighted by atomic mass is 32.1. The lowest BCUT2D eigenvalue weighted by Gasteiger charge is -2.21. The van der Waals surface area contributed by atoms with Gasteiger partial charge < -0.3 is 19.5 Å². The topological polar surface area (TPSA) is 73.9 Å². The third-order valence-corrected chi connectivity index (χ3v) is 4.67. The SMILES string of the molecule is CCCCC(Nc1csc(C(=O)OC)c1C(=O)OC)Oc1ccccc1. The number of rotatable bonds is 9. The lowest BCUT2D eigenvalue weighted by molar-refractivity contribution is 0.0560. The van der Waals surface area contributed by atoms with Crippen LogP contribution < -0.4 is 10.1 Å². The van der Waals surface area contributed by atoms with Crippen LogP contribution in [0, 0.1) is 0 Å². The predicted molar refractivity (Wildman–Crippen MR) is 101 cm³/mol. The Morgan fingerprint density at radius 3 is 2.42 bits per heavy atom. The van der Waals surface area contributed by atoms with E-state index in [9.17, 15) is 9.59 Å². The molecule has 1 aromatic heterocycles. The molecule has 26 heavy (non-hydrogen) atoms. The molecule has 2 aromatic rings. The molecule has 0 saturated heterocycles. The number of methoxy groups -OCH3 is 2. The summed E-state index contributed by atoms with van der Waals surface area (Å²) in [6, 6.07) is 9.45. The smallest absolute Gasteiger partial charge is 0.349 e. The van der Waals surface area contributed by atoms with Crippen LogP contribution in [0.15, 0.2) is 35.7 Å². The molecule has 0 fully saturated rings. The van der Waals surface area contributed by atoms with Gasteiger partial charge in [-0.2, -0.15) is 0 Å². The number of nitrogens with one attached hydrogen (secondary N) is 1. The Bertz CT molecular complexity index is 729. The number of hydrogen-bond acceptors (Lipinski definition) is 7. The van der Waals surface area contributed by atoms with E-state index in [4.69, 9.17) is 14.2 Å². The molecule has 2 rings (SSSR count). The number of esters is 2. The molecular weight excluding hydrogens is 354 g/mol. The van der Waals surface area contributed by atoms with Crippen molar-refractivity contribution in [1.82, 2.24) is 0 Å². The van der Waals surface area contributed by atoms with Crippen molar-refractivity contribution in [3.8, 4) is 5.75 Å². The third-order valence-electron chi connectivity index (χ3n) is 3.71. The summed E-state index contributed by atoms with van der Waals surface area (Å²) in [4.78, 5) is 24.3. The summed E-state index contributed by atoms with van der Waals surface area (Å²) < 4.78 is 15.6. The van der Waals surface area contributed by atoms with E-state index in [1.165, 1.54) is 14.2 Å². The fourth-order valence-electron chi connectivity index (χ4n) is 2.40. The van der Waals surface area contributed by atoms with Crippen LogP contribution in [0.3, 0.4) is 0 Å². The van der Waals surface area contributed by atoms with Gasteiger partial charge >= 0.3 is 11.9 Å². The summed E-state index contributed by atoms with van der Waals surface area (Å²) in [5, 5.41) is 4.93.